The summed E-state index contributed by atoms with van der Waals surface area (Å²) in [5.74, 6) is -0.130. The molecule has 5 heteroatoms. The first kappa shape index (κ1) is 12.0. The summed E-state index contributed by atoms with van der Waals surface area (Å²) >= 11 is 1.52. The number of rotatable bonds is 3. The minimum absolute atomic E-state index is 0.130. The van der Waals surface area contributed by atoms with Gasteiger partial charge in [-0.3, -0.25) is 4.79 Å². The molecule has 17 heavy (non-hydrogen) atoms. The summed E-state index contributed by atoms with van der Waals surface area (Å²) in [6, 6.07) is 7.49. The average Bonchev–Trinajstić information content (AvgIpc) is 2.77. The molecular formula is C12H15N3OS. The van der Waals surface area contributed by atoms with E-state index in [0.717, 1.165) is 12.0 Å². The van der Waals surface area contributed by atoms with Gasteiger partial charge in [0.15, 0.2) is 0 Å². The first-order valence-corrected chi connectivity index (χ1v) is 6.41. The Morgan fingerprint density at radius 3 is 3.06 bits per heavy atom. The van der Waals surface area contributed by atoms with Gasteiger partial charge in [0.25, 0.3) is 5.91 Å². The van der Waals surface area contributed by atoms with Gasteiger partial charge in [0.2, 0.25) is 0 Å². The van der Waals surface area contributed by atoms with E-state index in [9.17, 15) is 4.79 Å². The number of carbonyl (C=O) groups excluding carboxylic acids is 1. The third-order valence-corrected chi connectivity index (χ3v) is 3.56. The van der Waals surface area contributed by atoms with Crippen LogP contribution in [0.15, 0.2) is 29.4 Å². The van der Waals surface area contributed by atoms with Crippen LogP contribution in [0.5, 0.6) is 0 Å². The molecule has 90 valence electrons. The van der Waals surface area contributed by atoms with Crippen molar-refractivity contribution in [2.24, 2.45) is 5.10 Å². The number of hydrogen-bond acceptors (Lipinski definition) is 4. The highest BCUT2D eigenvalue weighted by atomic mass is 32.2. The van der Waals surface area contributed by atoms with Crippen LogP contribution in [0.1, 0.15) is 29.3 Å². The van der Waals surface area contributed by atoms with Crippen LogP contribution in [0.3, 0.4) is 0 Å². The highest BCUT2D eigenvalue weighted by Crippen LogP contribution is 2.22. The van der Waals surface area contributed by atoms with E-state index in [2.05, 4.69) is 17.5 Å². The fourth-order valence-electron chi connectivity index (χ4n) is 1.49. The van der Waals surface area contributed by atoms with Crippen LogP contribution in [-0.2, 0) is 0 Å². The van der Waals surface area contributed by atoms with E-state index >= 15 is 0 Å². The van der Waals surface area contributed by atoms with Crippen molar-refractivity contribution in [2.45, 2.75) is 25.5 Å². The van der Waals surface area contributed by atoms with Crippen LogP contribution in [0.2, 0.25) is 0 Å². The summed E-state index contributed by atoms with van der Waals surface area (Å²) in [7, 11) is 0. The summed E-state index contributed by atoms with van der Waals surface area (Å²) in [4.78, 5) is 11.9. The molecule has 4 nitrogen and oxygen atoms in total. The van der Waals surface area contributed by atoms with Crippen molar-refractivity contribution in [2.75, 3.05) is 0 Å². The monoisotopic (exact) mass is 249 g/mol. The molecule has 1 heterocycles. The molecule has 1 N–H and O–H groups in total. The molecule has 1 amide bonds. The number of hydrazine groups is 1. The smallest absolute Gasteiger partial charge is 0.267 e. The summed E-state index contributed by atoms with van der Waals surface area (Å²) in [5, 5.41) is 4.47. The fourth-order valence-corrected chi connectivity index (χ4v) is 2.25. The number of hydrazone groups is 1. The van der Waals surface area contributed by atoms with E-state index in [4.69, 9.17) is 0 Å². The van der Waals surface area contributed by atoms with Crippen LogP contribution in [-0.4, -0.2) is 21.9 Å². The quantitative estimate of drug-likeness (QED) is 0.836. The zero-order valence-electron chi connectivity index (χ0n) is 9.88. The van der Waals surface area contributed by atoms with Crippen molar-refractivity contribution in [3.05, 3.63) is 35.4 Å². The molecule has 0 radical (unpaired) electrons. The maximum Gasteiger partial charge on any atom is 0.271 e. The number of carbonyl (C=O) groups is 1. The Morgan fingerprint density at radius 2 is 2.41 bits per heavy atom. The SMILES string of the molecule is CCC1C=NN(NC(=O)c2cccc(C)c2)S1. The number of hydrogen-bond donors (Lipinski definition) is 1. The van der Waals surface area contributed by atoms with Gasteiger partial charge in [0.05, 0.1) is 5.25 Å². The van der Waals surface area contributed by atoms with Gasteiger partial charge in [-0.1, -0.05) is 24.6 Å². The second-order valence-electron chi connectivity index (χ2n) is 3.90. The molecule has 0 aromatic heterocycles. The van der Waals surface area contributed by atoms with Gasteiger partial charge in [-0.25, -0.2) is 5.43 Å². The van der Waals surface area contributed by atoms with Crippen LogP contribution in [0.25, 0.3) is 0 Å². The van der Waals surface area contributed by atoms with Gasteiger partial charge >= 0.3 is 0 Å². The van der Waals surface area contributed by atoms with E-state index in [-0.39, 0.29) is 5.91 Å². The summed E-state index contributed by atoms with van der Waals surface area (Å²) < 4.78 is 1.53. The Balaban J connectivity index is 1.96. The molecule has 1 aliphatic rings. The Hall–Kier alpha value is -1.49. The highest BCUT2D eigenvalue weighted by molar-refractivity contribution is 7.98. The van der Waals surface area contributed by atoms with E-state index < -0.39 is 0 Å². The molecule has 1 unspecified atom stereocenters. The topological polar surface area (TPSA) is 44.7 Å². The lowest BCUT2D eigenvalue weighted by molar-refractivity contribution is 0.0891. The summed E-state index contributed by atoms with van der Waals surface area (Å²) in [5.41, 5.74) is 4.47. The third kappa shape index (κ3) is 3.00. The highest BCUT2D eigenvalue weighted by Gasteiger charge is 2.19. The molecular weight excluding hydrogens is 234 g/mol. The molecule has 0 saturated carbocycles. The Bertz CT molecular complexity index is 447. The van der Waals surface area contributed by atoms with Crippen LogP contribution in [0, 0.1) is 6.92 Å². The second kappa shape index (κ2) is 5.23. The van der Waals surface area contributed by atoms with E-state index in [1.165, 1.54) is 16.5 Å². The zero-order valence-corrected chi connectivity index (χ0v) is 10.7. The van der Waals surface area contributed by atoms with E-state index in [1.807, 2.05) is 31.3 Å². The molecule has 0 fully saturated rings. The predicted octanol–water partition coefficient (Wildman–Crippen LogP) is 2.37. The Kier molecular flexibility index (Phi) is 3.68. The normalized spacial score (nSPS) is 18.5. The first-order valence-electron chi connectivity index (χ1n) is 5.57. The molecule has 0 spiro atoms. The number of nitrogens with one attached hydrogen (secondary N) is 1. The van der Waals surface area contributed by atoms with Gasteiger partial charge in [0, 0.05) is 23.7 Å². The Labute approximate surface area is 105 Å². The van der Waals surface area contributed by atoms with Gasteiger partial charge in [-0.05, 0) is 25.5 Å². The van der Waals surface area contributed by atoms with E-state index in [1.54, 1.807) is 6.07 Å². The molecule has 0 saturated heterocycles. The number of aryl methyl sites for hydroxylation is 1. The van der Waals surface area contributed by atoms with Crippen LogP contribution in [0.4, 0.5) is 0 Å². The van der Waals surface area contributed by atoms with Gasteiger partial charge in [-0.2, -0.15) is 5.10 Å². The maximum absolute atomic E-state index is 11.9. The summed E-state index contributed by atoms with van der Waals surface area (Å²) in [6.45, 7) is 4.06. The zero-order chi connectivity index (χ0) is 12.3. The first-order chi connectivity index (χ1) is 8.19. The number of nitrogens with zero attached hydrogens (tertiary/aromatic N) is 2. The van der Waals surface area contributed by atoms with Crippen LogP contribution < -0.4 is 5.43 Å². The molecule has 0 bridgehead atoms. The number of benzene rings is 1. The van der Waals surface area contributed by atoms with Crippen molar-refractivity contribution in [3.8, 4) is 0 Å². The lowest BCUT2D eigenvalue weighted by Gasteiger charge is -2.14. The third-order valence-electron chi connectivity index (χ3n) is 2.45. The van der Waals surface area contributed by atoms with E-state index in [0.29, 0.717) is 10.8 Å². The minimum atomic E-state index is -0.130. The molecule has 1 aliphatic heterocycles. The molecule has 1 atom stereocenters. The van der Waals surface area contributed by atoms with Gasteiger partial charge in [0.1, 0.15) is 0 Å². The maximum atomic E-state index is 11.9. The predicted molar refractivity (Wildman–Crippen MR) is 70.6 cm³/mol. The second-order valence-corrected chi connectivity index (χ2v) is 5.06. The molecule has 0 aliphatic carbocycles. The number of amides is 1. The summed E-state index contributed by atoms with van der Waals surface area (Å²) in [6.07, 6.45) is 2.85. The fraction of sp³-hybridized carbons (Fsp3) is 0.333. The molecule has 2 rings (SSSR count). The lowest BCUT2D eigenvalue weighted by atomic mass is 10.1. The van der Waals surface area contributed by atoms with Crippen molar-refractivity contribution in [3.63, 3.8) is 0 Å². The van der Waals surface area contributed by atoms with Crippen molar-refractivity contribution in [1.29, 1.82) is 0 Å². The van der Waals surface area contributed by atoms with Gasteiger partial charge < -0.3 is 0 Å². The largest absolute Gasteiger partial charge is 0.271 e. The standard InChI is InChI=1S/C12H15N3OS/c1-3-11-8-13-15(17-11)14-12(16)10-6-4-5-9(2)7-10/h4-8,11H,3H2,1-2H3,(H,14,16). The van der Waals surface area contributed by atoms with Crippen molar-refractivity contribution < 1.29 is 4.79 Å². The van der Waals surface area contributed by atoms with Crippen LogP contribution >= 0.6 is 11.9 Å². The van der Waals surface area contributed by atoms with Crippen molar-refractivity contribution >= 4 is 24.1 Å². The Morgan fingerprint density at radius 1 is 1.59 bits per heavy atom. The lowest BCUT2D eigenvalue weighted by Crippen LogP contribution is -2.32. The minimum Gasteiger partial charge on any atom is -0.267 e. The molecule has 1 aromatic rings. The van der Waals surface area contributed by atoms with Gasteiger partial charge in [-0.15, -0.1) is 4.52 Å². The van der Waals surface area contributed by atoms with Crippen molar-refractivity contribution in [1.82, 2.24) is 9.95 Å². The average molecular weight is 249 g/mol. The molecule has 1 aromatic carbocycles.